The second-order valence-electron chi connectivity index (χ2n) is 6.11. The Labute approximate surface area is 141 Å². The standard InChI is InChI=1S/C18H23N3O3/c1-3-24-10-4-9-21-11-14-15(17(21)22)16(20-18(23)19-14)13-7-5-12(2)6-8-13/h5-8,16H,3-4,9-11H2,1-2H3,(H2,19,20,23)/t16-/m1/s1. The zero-order chi connectivity index (χ0) is 17.1. The number of carbonyl (C=O) groups excluding carboxylic acids is 2. The number of ether oxygens (including phenoxy) is 1. The number of benzene rings is 1. The van der Waals surface area contributed by atoms with Crippen molar-refractivity contribution >= 4 is 11.9 Å². The maximum atomic E-state index is 12.8. The van der Waals surface area contributed by atoms with Crippen LogP contribution in [0.3, 0.4) is 0 Å². The molecular weight excluding hydrogens is 306 g/mol. The fourth-order valence-electron chi connectivity index (χ4n) is 3.12. The fourth-order valence-corrected chi connectivity index (χ4v) is 3.12. The maximum Gasteiger partial charge on any atom is 0.319 e. The van der Waals surface area contributed by atoms with Gasteiger partial charge in [-0.25, -0.2) is 4.79 Å². The van der Waals surface area contributed by atoms with Gasteiger partial charge in [0.25, 0.3) is 5.91 Å². The third kappa shape index (κ3) is 3.28. The number of hydrogen-bond acceptors (Lipinski definition) is 3. The highest BCUT2D eigenvalue weighted by molar-refractivity contribution is 6.01. The van der Waals surface area contributed by atoms with Crippen molar-refractivity contribution in [3.05, 3.63) is 46.7 Å². The monoisotopic (exact) mass is 329 g/mol. The molecule has 0 saturated carbocycles. The molecule has 0 aromatic heterocycles. The van der Waals surface area contributed by atoms with Crippen molar-refractivity contribution in [3.8, 4) is 0 Å². The summed E-state index contributed by atoms with van der Waals surface area (Å²) in [6.07, 6.45) is 0.788. The number of hydrogen-bond donors (Lipinski definition) is 2. The van der Waals surface area contributed by atoms with Gasteiger partial charge in [-0.15, -0.1) is 0 Å². The summed E-state index contributed by atoms with van der Waals surface area (Å²) >= 11 is 0. The van der Waals surface area contributed by atoms with Gasteiger partial charge in [0.1, 0.15) is 0 Å². The van der Waals surface area contributed by atoms with E-state index in [2.05, 4.69) is 10.6 Å². The molecule has 0 saturated heterocycles. The first-order valence-corrected chi connectivity index (χ1v) is 8.34. The molecule has 2 N–H and O–H groups in total. The molecule has 2 aliphatic heterocycles. The average molecular weight is 329 g/mol. The van der Waals surface area contributed by atoms with E-state index >= 15 is 0 Å². The highest BCUT2D eigenvalue weighted by Crippen LogP contribution is 2.32. The minimum absolute atomic E-state index is 0.0143. The van der Waals surface area contributed by atoms with Crippen molar-refractivity contribution in [2.24, 2.45) is 0 Å². The van der Waals surface area contributed by atoms with Crippen molar-refractivity contribution in [2.45, 2.75) is 26.3 Å². The fraction of sp³-hybridized carbons (Fsp3) is 0.444. The van der Waals surface area contributed by atoms with Crippen molar-refractivity contribution in [2.75, 3.05) is 26.3 Å². The van der Waals surface area contributed by atoms with E-state index in [4.69, 9.17) is 4.74 Å². The molecule has 1 aromatic carbocycles. The SMILES string of the molecule is CCOCCCN1CC2=C(C1=O)[C@@H](c1ccc(C)cc1)NC(=O)N2. The summed E-state index contributed by atoms with van der Waals surface area (Å²) in [5, 5.41) is 5.66. The Kier molecular flexibility index (Phi) is 4.85. The molecule has 0 spiro atoms. The van der Waals surface area contributed by atoms with Crippen molar-refractivity contribution < 1.29 is 14.3 Å². The van der Waals surface area contributed by atoms with Gasteiger partial charge in [-0.2, -0.15) is 0 Å². The van der Waals surface area contributed by atoms with Gasteiger partial charge in [0.05, 0.1) is 23.9 Å². The van der Waals surface area contributed by atoms with Gasteiger partial charge in [0, 0.05) is 19.8 Å². The molecular formula is C18H23N3O3. The molecule has 6 heteroatoms. The van der Waals surface area contributed by atoms with Crippen LogP contribution < -0.4 is 10.6 Å². The number of rotatable bonds is 6. The highest BCUT2D eigenvalue weighted by atomic mass is 16.5. The predicted octanol–water partition coefficient (Wildman–Crippen LogP) is 1.87. The third-order valence-electron chi connectivity index (χ3n) is 4.35. The highest BCUT2D eigenvalue weighted by Gasteiger charge is 2.39. The van der Waals surface area contributed by atoms with Gasteiger partial charge in [-0.1, -0.05) is 29.8 Å². The summed E-state index contributed by atoms with van der Waals surface area (Å²) < 4.78 is 5.33. The van der Waals surface area contributed by atoms with Gasteiger partial charge in [-0.05, 0) is 25.8 Å². The van der Waals surface area contributed by atoms with E-state index in [1.165, 1.54) is 0 Å². The lowest BCUT2D eigenvalue weighted by Crippen LogP contribution is -2.44. The molecule has 1 aromatic rings. The maximum absolute atomic E-state index is 12.8. The molecule has 2 heterocycles. The Morgan fingerprint density at radius 1 is 1.25 bits per heavy atom. The molecule has 128 valence electrons. The topological polar surface area (TPSA) is 70.7 Å². The first-order chi connectivity index (χ1) is 11.6. The van der Waals surface area contributed by atoms with Crippen LogP contribution >= 0.6 is 0 Å². The Balaban J connectivity index is 1.77. The van der Waals surface area contributed by atoms with Gasteiger partial charge in [0.15, 0.2) is 0 Å². The van der Waals surface area contributed by atoms with Crippen LogP contribution in [-0.4, -0.2) is 43.1 Å². The molecule has 0 radical (unpaired) electrons. The van der Waals surface area contributed by atoms with Crippen molar-refractivity contribution in [1.29, 1.82) is 0 Å². The summed E-state index contributed by atoms with van der Waals surface area (Å²) in [6, 6.07) is 7.25. The lowest BCUT2D eigenvalue weighted by Gasteiger charge is -2.25. The number of amides is 3. The molecule has 6 nitrogen and oxygen atoms in total. The van der Waals surface area contributed by atoms with Crippen molar-refractivity contribution in [3.63, 3.8) is 0 Å². The van der Waals surface area contributed by atoms with Gasteiger partial charge in [-0.3, -0.25) is 4.79 Å². The molecule has 1 atom stereocenters. The summed E-state index contributed by atoms with van der Waals surface area (Å²) in [7, 11) is 0. The number of nitrogens with one attached hydrogen (secondary N) is 2. The van der Waals surface area contributed by atoms with Gasteiger partial charge < -0.3 is 20.3 Å². The molecule has 24 heavy (non-hydrogen) atoms. The summed E-state index contributed by atoms with van der Waals surface area (Å²) in [6.45, 7) is 6.36. The van der Waals surface area contributed by atoms with E-state index in [-0.39, 0.29) is 11.9 Å². The molecule has 0 aliphatic carbocycles. The number of urea groups is 1. The van der Waals surface area contributed by atoms with Crippen LogP contribution in [0.15, 0.2) is 35.5 Å². The van der Waals surface area contributed by atoms with Crippen LogP contribution in [0.2, 0.25) is 0 Å². The second kappa shape index (κ2) is 7.05. The Morgan fingerprint density at radius 3 is 2.71 bits per heavy atom. The zero-order valence-electron chi connectivity index (χ0n) is 14.1. The van der Waals surface area contributed by atoms with Crippen LogP contribution in [-0.2, 0) is 9.53 Å². The van der Waals surface area contributed by atoms with E-state index in [0.717, 1.165) is 17.5 Å². The summed E-state index contributed by atoms with van der Waals surface area (Å²) in [5.74, 6) is -0.0143. The quantitative estimate of drug-likeness (QED) is 0.783. The zero-order valence-corrected chi connectivity index (χ0v) is 14.1. The molecule has 0 bridgehead atoms. The third-order valence-corrected chi connectivity index (χ3v) is 4.35. The Morgan fingerprint density at radius 2 is 2.00 bits per heavy atom. The summed E-state index contributed by atoms with van der Waals surface area (Å²) in [4.78, 5) is 26.5. The van der Waals surface area contributed by atoms with E-state index < -0.39 is 6.04 Å². The van der Waals surface area contributed by atoms with E-state index in [9.17, 15) is 9.59 Å². The lowest BCUT2D eigenvalue weighted by atomic mass is 9.95. The largest absolute Gasteiger partial charge is 0.382 e. The minimum Gasteiger partial charge on any atom is -0.382 e. The number of aryl methyl sites for hydroxylation is 1. The predicted molar refractivity (Wildman–Crippen MR) is 90.3 cm³/mol. The van der Waals surface area contributed by atoms with Crippen LogP contribution in [0.5, 0.6) is 0 Å². The Bertz CT molecular complexity index is 667. The van der Waals surface area contributed by atoms with E-state index in [1.807, 2.05) is 38.1 Å². The van der Waals surface area contributed by atoms with Crippen LogP contribution in [0.4, 0.5) is 4.79 Å². The number of nitrogens with zero attached hydrogens (tertiary/aromatic N) is 1. The van der Waals surface area contributed by atoms with Crippen LogP contribution in [0, 0.1) is 6.92 Å². The van der Waals surface area contributed by atoms with Gasteiger partial charge in [0.2, 0.25) is 0 Å². The van der Waals surface area contributed by atoms with Gasteiger partial charge >= 0.3 is 6.03 Å². The normalized spacial score (nSPS) is 20.1. The molecule has 3 amide bonds. The van der Waals surface area contributed by atoms with Crippen LogP contribution in [0.25, 0.3) is 0 Å². The number of carbonyl (C=O) groups is 2. The first-order valence-electron chi connectivity index (χ1n) is 8.34. The van der Waals surface area contributed by atoms with E-state index in [1.54, 1.807) is 4.90 Å². The minimum atomic E-state index is -0.390. The van der Waals surface area contributed by atoms with Crippen LogP contribution in [0.1, 0.15) is 30.5 Å². The smallest absolute Gasteiger partial charge is 0.319 e. The summed E-state index contributed by atoms with van der Waals surface area (Å²) in [5.41, 5.74) is 3.43. The van der Waals surface area contributed by atoms with E-state index in [0.29, 0.717) is 37.6 Å². The molecule has 3 rings (SSSR count). The average Bonchev–Trinajstić information content (AvgIpc) is 2.87. The first kappa shape index (κ1) is 16.5. The van der Waals surface area contributed by atoms with Crippen molar-refractivity contribution in [1.82, 2.24) is 15.5 Å². The molecule has 0 fully saturated rings. The molecule has 2 aliphatic rings. The lowest BCUT2D eigenvalue weighted by molar-refractivity contribution is -0.126. The Hall–Kier alpha value is -2.34. The second-order valence-corrected chi connectivity index (χ2v) is 6.11. The molecule has 0 unspecified atom stereocenters.